The summed E-state index contributed by atoms with van der Waals surface area (Å²) in [5, 5.41) is 2.98. The molecular weight excluding hydrogens is 384 g/mol. The molecule has 0 radical (unpaired) electrons. The topological polar surface area (TPSA) is 50.8 Å². The third kappa shape index (κ3) is 8.21. The van der Waals surface area contributed by atoms with Gasteiger partial charge in [0.2, 0.25) is 5.91 Å². The van der Waals surface area contributed by atoms with Crippen molar-refractivity contribution < 1.29 is 14.3 Å². The van der Waals surface area contributed by atoms with Gasteiger partial charge in [0.1, 0.15) is 5.75 Å². The van der Waals surface area contributed by atoms with Crippen molar-refractivity contribution in [3.63, 3.8) is 0 Å². The van der Waals surface area contributed by atoms with Crippen LogP contribution >= 0.6 is 15.9 Å². The molecule has 1 atom stereocenters. The highest BCUT2D eigenvalue weighted by Crippen LogP contribution is 2.17. The zero-order valence-electron chi connectivity index (χ0n) is 15.2. The molecule has 5 nitrogen and oxygen atoms in total. The van der Waals surface area contributed by atoms with Gasteiger partial charge in [-0.25, -0.2) is 0 Å². The second-order valence-electron chi connectivity index (χ2n) is 6.86. The average molecular weight is 413 g/mol. The van der Waals surface area contributed by atoms with Crippen molar-refractivity contribution in [1.29, 1.82) is 0 Å². The number of carbonyl (C=O) groups is 1. The van der Waals surface area contributed by atoms with Gasteiger partial charge in [0, 0.05) is 37.1 Å². The fraction of sp³-hybridized carbons (Fsp3) is 0.632. The van der Waals surface area contributed by atoms with Crippen LogP contribution in [0, 0.1) is 5.92 Å². The van der Waals surface area contributed by atoms with Gasteiger partial charge in [-0.05, 0) is 30.5 Å². The number of ether oxygens (including phenoxy) is 2. The Balaban J connectivity index is 1.57. The van der Waals surface area contributed by atoms with Crippen LogP contribution in [0.15, 0.2) is 28.7 Å². The summed E-state index contributed by atoms with van der Waals surface area (Å²) in [4.78, 5) is 14.4. The molecule has 0 aliphatic carbocycles. The molecule has 1 aromatic rings. The molecule has 1 heterocycles. The Hall–Kier alpha value is -1.11. The Labute approximate surface area is 159 Å². The van der Waals surface area contributed by atoms with Crippen molar-refractivity contribution in [3.05, 3.63) is 28.7 Å². The zero-order chi connectivity index (χ0) is 18.1. The van der Waals surface area contributed by atoms with Crippen LogP contribution in [0.25, 0.3) is 0 Å². The van der Waals surface area contributed by atoms with Crippen molar-refractivity contribution in [1.82, 2.24) is 10.2 Å². The summed E-state index contributed by atoms with van der Waals surface area (Å²) in [7, 11) is 0. The second-order valence-corrected chi connectivity index (χ2v) is 7.78. The molecule has 25 heavy (non-hydrogen) atoms. The third-order valence-corrected chi connectivity index (χ3v) is 4.48. The molecule has 1 N–H and O–H groups in total. The number of nitrogens with one attached hydrogen (secondary N) is 1. The largest absolute Gasteiger partial charge is 0.494 e. The minimum atomic E-state index is 0.0578. The normalized spacial score (nSPS) is 18.3. The van der Waals surface area contributed by atoms with Crippen LogP contribution in [0.4, 0.5) is 0 Å². The van der Waals surface area contributed by atoms with E-state index in [-0.39, 0.29) is 12.0 Å². The van der Waals surface area contributed by atoms with Crippen LogP contribution in [0.3, 0.4) is 0 Å². The number of amides is 1. The molecule has 1 fully saturated rings. The lowest BCUT2D eigenvalue weighted by atomic mass is 10.2. The minimum absolute atomic E-state index is 0.0578. The van der Waals surface area contributed by atoms with E-state index in [4.69, 9.17) is 9.47 Å². The van der Waals surface area contributed by atoms with Gasteiger partial charge in [-0.3, -0.25) is 9.69 Å². The number of halogens is 1. The van der Waals surface area contributed by atoms with E-state index >= 15 is 0 Å². The van der Waals surface area contributed by atoms with E-state index in [1.54, 1.807) is 0 Å². The Morgan fingerprint density at radius 3 is 3.08 bits per heavy atom. The predicted molar refractivity (Wildman–Crippen MR) is 103 cm³/mol. The summed E-state index contributed by atoms with van der Waals surface area (Å²) in [5.41, 5.74) is 0. The monoisotopic (exact) mass is 412 g/mol. The SMILES string of the molecule is CC(C)CN1CCOC(CNC(=O)CCCOc2cccc(Br)c2)C1. The predicted octanol–water partition coefficient (Wildman–Crippen LogP) is 3.08. The quantitative estimate of drug-likeness (QED) is 0.633. The number of hydrogen-bond donors (Lipinski definition) is 1. The first-order valence-corrected chi connectivity index (χ1v) is 9.81. The molecule has 0 saturated carbocycles. The molecule has 0 aromatic heterocycles. The zero-order valence-corrected chi connectivity index (χ0v) is 16.8. The summed E-state index contributed by atoms with van der Waals surface area (Å²) in [6.45, 7) is 9.27. The third-order valence-electron chi connectivity index (χ3n) is 3.99. The first-order valence-electron chi connectivity index (χ1n) is 9.02. The maximum Gasteiger partial charge on any atom is 0.220 e. The fourth-order valence-electron chi connectivity index (χ4n) is 2.88. The standard InChI is InChI=1S/C19H29BrN2O3/c1-15(2)13-22-8-10-25-18(14-22)12-21-19(23)7-4-9-24-17-6-3-5-16(20)11-17/h3,5-6,11,15,18H,4,7-10,12-14H2,1-2H3,(H,21,23). The molecular formula is C19H29BrN2O3. The van der Waals surface area contributed by atoms with E-state index in [2.05, 4.69) is 40.0 Å². The van der Waals surface area contributed by atoms with Crippen LogP contribution < -0.4 is 10.1 Å². The molecule has 1 saturated heterocycles. The number of morpholine rings is 1. The summed E-state index contributed by atoms with van der Waals surface area (Å²) in [6, 6.07) is 7.71. The summed E-state index contributed by atoms with van der Waals surface area (Å²) in [6.07, 6.45) is 1.26. The fourth-order valence-corrected chi connectivity index (χ4v) is 3.26. The van der Waals surface area contributed by atoms with Crippen LogP contribution in [-0.4, -0.2) is 56.3 Å². The van der Waals surface area contributed by atoms with Gasteiger partial charge in [-0.15, -0.1) is 0 Å². The van der Waals surface area contributed by atoms with Crippen LogP contribution in [0.1, 0.15) is 26.7 Å². The number of rotatable bonds is 9. The highest BCUT2D eigenvalue weighted by molar-refractivity contribution is 9.10. The molecule has 140 valence electrons. The average Bonchev–Trinajstić information content (AvgIpc) is 2.57. The second kappa shape index (κ2) is 10.8. The molecule has 0 bridgehead atoms. The maximum absolute atomic E-state index is 12.0. The van der Waals surface area contributed by atoms with Crippen molar-refractivity contribution in [2.45, 2.75) is 32.8 Å². The lowest BCUT2D eigenvalue weighted by Gasteiger charge is -2.33. The van der Waals surface area contributed by atoms with Crippen molar-refractivity contribution in [2.24, 2.45) is 5.92 Å². The first kappa shape index (κ1) is 20.2. The van der Waals surface area contributed by atoms with Gasteiger partial charge < -0.3 is 14.8 Å². The van der Waals surface area contributed by atoms with Crippen molar-refractivity contribution >= 4 is 21.8 Å². The molecule has 1 aliphatic rings. The Morgan fingerprint density at radius 2 is 2.32 bits per heavy atom. The number of benzene rings is 1. The maximum atomic E-state index is 12.0. The molecule has 1 unspecified atom stereocenters. The van der Waals surface area contributed by atoms with Crippen molar-refractivity contribution in [3.8, 4) is 5.75 Å². The molecule has 6 heteroatoms. The highest BCUT2D eigenvalue weighted by atomic mass is 79.9. The van der Waals surface area contributed by atoms with Gasteiger partial charge in [-0.1, -0.05) is 35.8 Å². The van der Waals surface area contributed by atoms with Crippen LogP contribution in [-0.2, 0) is 9.53 Å². The Morgan fingerprint density at radius 1 is 1.48 bits per heavy atom. The molecule has 2 rings (SSSR count). The Bertz CT molecular complexity index is 539. The Kier molecular flexibility index (Phi) is 8.72. The van der Waals surface area contributed by atoms with Crippen molar-refractivity contribution in [2.75, 3.05) is 39.4 Å². The number of hydrogen-bond acceptors (Lipinski definition) is 4. The molecule has 0 spiro atoms. The van der Waals surface area contributed by atoms with Crippen LogP contribution in [0.2, 0.25) is 0 Å². The summed E-state index contributed by atoms with van der Waals surface area (Å²) < 4.78 is 12.4. The van der Waals surface area contributed by atoms with E-state index in [9.17, 15) is 4.79 Å². The molecule has 1 aromatic carbocycles. The number of carbonyl (C=O) groups excluding carboxylic acids is 1. The van der Waals surface area contributed by atoms with E-state index < -0.39 is 0 Å². The van der Waals surface area contributed by atoms with E-state index in [0.717, 1.165) is 36.5 Å². The number of nitrogens with zero attached hydrogens (tertiary/aromatic N) is 1. The van der Waals surface area contributed by atoms with Gasteiger partial charge >= 0.3 is 0 Å². The van der Waals surface area contributed by atoms with E-state index in [1.807, 2.05) is 24.3 Å². The summed E-state index contributed by atoms with van der Waals surface area (Å²) in [5.74, 6) is 1.52. The van der Waals surface area contributed by atoms with Gasteiger partial charge in [0.15, 0.2) is 0 Å². The molecule has 1 amide bonds. The lowest BCUT2D eigenvalue weighted by molar-refractivity contribution is -0.122. The lowest BCUT2D eigenvalue weighted by Crippen LogP contribution is -2.48. The summed E-state index contributed by atoms with van der Waals surface area (Å²) >= 11 is 3.41. The van der Waals surface area contributed by atoms with Crippen LogP contribution in [0.5, 0.6) is 5.75 Å². The van der Waals surface area contributed by atoms with Gasteiger partial charge in [0.25, 0.3) is 0 Å². The minimum Gasteiger partial charge on any atom is -0.494 e. The van der Waals surface area contributed by atoms with Gasteiger partial charge in [-0.2, -0.15) is 0 Å². The highest BCUT2D eigenvalue weighted by Gasteiger charge is 2.21. The molecule has 1 aliphatic heterocycles. The van der Waals surface area contributed by atoms with E-state index in [0.29, 0.717) is 31.9 Å². The van der Waals surface area contributed by atoms with E-state index in [1.165, 1.54) is 0 Å². The van der Waals surface area contributed by atoms with Gasteiger partial charge in [0.05, 0.1) is 19.3 Å². The smallest absolute Gasteiger partial charge is 0.220 e. The first-order chi connectivity index (χ1) is 12.0.